The van der Waals surface area contributed by atoms with Crippen molar-refractivity contribution in [1.82, 2.24) is 10.1 Å². The number of likely N-dealkylation sites (tertiary alicyclic amines) is 1. The summed E-state index contributed by atoms with van der Waals surface area (Å²) >= 11 is 0. The molecule has 2 aliphatic heterocycles. The lowest BCUT2D eigenvalue weighted by atomic mass is 9.76. The fourth-order valence-corrected chi connectivity index (χ4v) is 4.48. The minimum atomic E-state index is -0.915. The third kappa shape index (κ3) is 4.63. The minimum Gasteiger partial charge on any atom is -0.466 e. The van der Waals surface area contributed by atoms with E-state index in [4.69, 9.17) is 14.0 Å². The van der Waals surface area contributed by atoms with Crippen LogP contribution in [0.3, 0.4) is 0 Å². The van der Waals surface area contributed by atoms with Crippen molar-refractivity contribution in [2.24, 2.45) is 5.41 Å². The molecule has 0 bridgehead atoms. The number of halogens is 1. The second kappa shape index (κ2) is 9.18. The van der Waals surface area contributed by atoms with E-state index in [0.717, 1.165) is 6.42 Å². The van der Waals surface area contributed by atoms with Gasteiger partial charge in [-0.1, -0.05) is 17.3 Å². The van der Waals surface area contributed by atoms with Gasteiger partial charge in [-0.25, -0.2) is 4.39 Å². The molecule has 2 aromatic rings. The predicted molar refractivity (Wildman–Crippen MR) is 109 cm³/mol. The summed E-state index contributed by atoms with van der Waals surface area (Å²) in [5.74, 6) is -0.272. The van der Waals surface area contributed by atoms with E-state index in [1.54, 1.807) is 30.0 Å². The largest absolute Gasteiger partial charge is 0.466 e. The smallest absolute Gasteiger partial charge is 0.314 e. The Balaban J connectivity index is 1.56. The average Bonchev–Trinajstić information content (AvgIpc) is 3.46. The number of benzene rings is 1. The van der Waals surface area contributed by atoms with Crippen LogP contribution in [0.4, 0.5) is 4.39 Å². The first-order valence-electron chi connectivity index (χ1n) is 10.8. The third-order valence-corrected chi connectivity index (χ3v) is 5.99. The molecule has 8 heteroatoms. The van der Waals surface area contributed by atoms with Crippen molar-refractivity contribution in [2.45, 2.75) is 45.1 Å². The van der Waals surface area contributed by atoms with Crippen molar-refractivity contribution < 1.29 is 28.0 Å². The highest BCUT2D eigenvalue weighted by Crippen LogP contribution is 2.37. The second-order valence-electron chi connectivity index (χ2n) is 8.23. The molecule has 1 aromatic carbocycles. The predicted octanol–water partition coefficient (Wildman–Crippen LogP) is 3.37. The summed E-state index contributed by atoms with van der Waals surface area (Å²) in [5.41, 5.74) is 0.178. The molecule has 166 valence electrons. The second-order valence-corrected chi connectivity index (χ2v) is 8.23. The Morgan fingerprint density at radius 1 is 1.32 bits per heavy atom. The number of ether oxygens (including phenoxy) is 2. The molecule has 2 fully saturated rings. The SMILES string of the molecule is CCOC(=O)[C@@]1(Cc2cc(-c3cccc(F)c3)no2)CCCN(C(=O)[C@@H]2CCCO2)C1. The van der Waals surface area contributed by atoms with E-state index in [1.807, 2.05) is 0 Å². The molecule has 1 amide bonds. The average molecular weight is 430 g/mol. The molecule has 0 aliphatic carbocycles. The van der Waals surface area contributed by atoms with Crippen LogP contribution < -0.4 is 0 Å². The summed E-state index contributed by atoms with van der Waals surface area (Å²) in [7, 11) is 0. The van der Waals surface area contributed by atoms with Crippen molar-refractivity contribution in [2.75, 3.05) is 26.3 Å². The maximum atomic E-state index is 13.6. The number of esters is 1. The molecule has 2 saturated heterocycles. The van der Waals surface area contributed by atoms with Crippen LogP contribution in [-0.4, -0.2) is 54.3 Å². The van der Waals surface area contributed by atoms with E-state index in [9.17, 15) is 14.0 Å². The van der Waals surface area contributed by atoms with Gasteiger partial charge in [0.1, 0.15) is 23.4 Å². The maximum Gasteiger partial charge on any atom is 0.314 e. The van der Waals surface area contributed by atoms with Crippen LogP contribution in [0.25, 0.3) is 11.3 Å². The minimum absolute atomic E-state index is 0.0658. The van der Waals surface area contributed by atoms with Crippen molar-refractivity contribution >= 4 is 11.9 Å². The summed E-state index contributed by atoms with van der Waals surface area (Å²) in [6, 6.07) is 7.81. The summed E-state index contributed by atoms with van der Waals surface area (Å²) in [4.78, 5) is 27.7. The Hall–Kier alpha value is -2.74. The topological polar surface area (TPSA) is 81.9 Å². The van der Waals surface area contributed by atoms with Crippen LogP contribution in [0, 0.1) is 11.2 Å². The zero-order valence-electron chi connectivity index (χ0n) is 17.6. The number of hydrogen-bond acceptors (Lipinski definition) is 6. The molecule has 7 nitrogen and oxygen atoms in total. The van der Waals surface area contributed by atoms with E-state index in [2.05, 4.69) is 5.16 Å². The quantitative estimate of drug-likeness (QED) is 0.654. The summed E-state index contributed by atoms with van der Waals surface area (Å²) in [5, 5.41) is 4.05. The lowest BCUT2D eigenvalue weighted by Crippen LogP contribution is -2.53. The first-order valence-corrected chi connectivity index (χ1v) is 10.8. The molecule has 31 heavy (non-hydrogen) atoms. The Morgan fingerprint density at radius 2 is 2.19 bits per heavy atom. The fraction of sp³-hybridized carbons (Fsp3) is 0.522. The van der Waals surface area contributed by atoms with Gasteiger partial charge < -0.3 is 18.9 Å². The first kappa shape index (κ1) is 21.5. The number of piperidine rings is 1. The molecule has 3 heterocycles. The van der Waals surface area contributed by atoms with Crippen LogP contribution in [0.15, 0.2) is 34.9 Å². The number of carbonyl (C=O) groups is 2. The van der Waals surface area contributed by atoms with Gasteiger partial charge in [0.2, 0.25) is 0 Å². The van der Waals surface area contributed by atoms with Crippen molar-refractivity contribution in [3.05, 3.63) is 41.9 Å². The number of hydrogen-bond donors (Lipinski definition) is 0. The first-order chi connectivity index (χ1) is 15.0. The molecule has 2 atom stereocenters. The van der Waals surface area contributed by atoms with Crippen molar-refractivity contribution in [3.63, 3.8) is 0 Å². The summed E-state index contributed by atoms with van der Waals surface area (Å²) < 4.78 is 30.0. The normalized spacial score (nSPS) is 23.7. The van der Waals surface area contributed by atoms with Gasteiger partial charge in [-0.15, -0.1) is 0 Å². The highest BCUT2D eigenvalue weighted by Gasteiger charge is 2.46. The number of nitrogens with zero attached hydrogens (tertiary/aromatic N) is 2. The zero-order valence-corrected chi connectivity index (χ0v) is 17.6. The lowest BCUT2D eigenvalue weighted by Gasteiger charge is -2.41. The molecule has 0 radical (unpaired) electrons. The van der Waals surface area contributed by atoms with Gasteiger partial charge in [0.05, 0.1) is 12.0 Å². The Bertz CT molecular complexity index is 940. The molecule has 0 unspecified atom stereocenters. The molecule has 2 aliphatic rings. The Kier molecular flexibility index (Phi) is 6.36. The van der Waals surface area contributed by atoms with E-state index < -0.39 is 11.5 Å². The lowest BCUT2D eigenvalue weighted by molar-refractivity contribution is -0.162. The van der Waals surface area contributed by atoms with Crippen LogP contribution >= 0.6 is 0 Å². The van der Waals surface area contributed by atoms with E-state index in [-0.39, 0.29) is 37.3 Å². The van der Waals surface area contributed by atoms with Gasteiger partial charge in [0.25, 0.3) is 5.91 Å². The van der Waals surface area contributed by atoms with E-state index in [0.29, 0.717) is 49.4 Å². The highest BCUT2D eigenvalue weighted by molar-refractivity contribution is 5.83. The summed E-state index contributed by atoms with van der Waals surface area (Å²) in [6.07, 6.45) is 2.67. The monoisotopic (exact) mass is 430 g/mol. The van der Waals surface area contributed by atoms with Crippen LogP contribution in [-0.2, 0) is 25.5 Å². The van der Waals surface area contributed by atoms with Crippen molar-refractivity contribution in [1.29, 1.82) is 0 Å². The van der Waals surface area contributed by atoms with Gasteiger partial charge in [-0.2, -0.15) is 0 Å². The van der Waals surface area contributed by atoms with Crippen molar-refractivity contribution in [3.8, 4) is 11.3 Å². The molecule has 0 saturated carbocycles. The number of rotatable bonds is 6. The van der Waals surface area contributed by atoms with E-state index >= 15 is 0 Å². The van der Waals surface area contributed by atoms with Crippen LogP contribution in [0.5, 0.6) is 0 Å². The van der Waals surface area contributed by atoms with Gasteiger partial charge in [-0.05, 0) is 44.7 Å². The van der Waals surface area contributed by atoms with Gasteiger partial charge in [0.15, 0.2) is 0 Å². The fourth-order valence-electron chi connectivity index (χ4n) is 4.48. The highest BCUT2D eigenvalue weighted by atomic mass is 19.1. The molecule has 4 rings (SSSR count). The third-order valence-electron chi connectivity index (χ3n) is 5.99. The Morgan fingerprint density at radius 3 is 2.94 bits per heavy atom. The van der Waals surface area contributed by atoms with E-state index in [1.165, 1.54) is 12.1 Å². The van der Waals surface area contributed by atoms with Crippen LogP contribution in [0.1, 0.15) is 38.4 Å². The summed E-state index contributed by atoms with van der Waals surface area (Å²) in [6.45, 7) is 3.45. The number of amides is 1. The molecule has 0 N–H and O–H groups in total. The maximum absolute atomic E-state index is 13.6. The molecule has 0 spiro atoms. The molecular weight excluding hydrogens is 403 g/mol. The molecule has 1 aromatic heterocycles. The van der Waals surface area contributed by atoms with Crippen LogP contribution in [0.2, 0.25) is 0 Å². The Labute approximate surface area is 180 Å². The van der Waals surface area contributed by atoms with Gasteiger partial charge >= 0.3 is 5.97 Å². The van der Waals surface area contributed by atoms with Gasteiger partial charge in [0, 0.05) is 37.7 Å². The number of carbonyl (C=O) groups excluding carboxylic acids is 2. The zero-order chi connectivity index (χ0) is 21.8. The molecular formula is C23H27FN2O5. The standard InChI is InChI=1S/C23H27FN2O5/c1-2-29-22(28)23(9-5-10-26(15-23)21(27)20-8-4-11-30-20)14-18-13-19(25-31-18)16-6-3-7-17(24)12-16/h3,6-7,12-13,20H,2,4-5,8-11,14-15H2,1H3/t20-,23+/m0/s1. The van der Waals surface area contributed by atoms with Gasteiger partial charge in [-0.3, -0.25) is 9.59 Å². The number of aromatic nitrogens is 1.